The molecule has 4 atom stereocenters. The van der Waals surface area contributed by atoms with Crippen molar-refractivity contribution in [1.29, 1.82) is 0 Å². The highest BCUT2D eigenvalue weighted by Crippen LogP contribution is 2.03. The molecule has 0 aromatic carbocycles. The number of carbonyl (C=O) groups excluding carboxylic acids is 4. The lowest BCUT2D eigenvalue weighted by Crippen LogP contribution is -2.58. The highest BCUT2D eigenvalue weighted by Gasteiger charge is 2.30. The molecule has 0 heterocycles. The van der Waals surface area contributed by atoms with Gasteiger partial charge in [-0.25, -0.2) is 4.79 Å². The minimum absolute atomic E-state index is 0.0633. The molecule has 0 rings (SSSR count). The molecule has 0 aliphatic carbocycles. The summed E-state index contributed by atoms with van der Waals surface area (Å²) in [5.74, 6) is -6.81. The first kappa shape index (κ1) is 28.7. The van der Waals surface area contributed by atoms with Crippen LogP contribution in [0.2, 0.25) is 0 Å². The Morgan fingerprint density at radius 1 is 0.781 bits per heavy atom. The highest BCUT2D eigenvalue weighted by molar-refractivity contribution is 5.95. The van der Waals surface area contributed by atoms with Crippen LogP contribution >= 0.6 is 0 Å². The average molecular weight is 462 g/mol. The second-order valence-electron chi connectivity index (χ2n) is 6.86. The summed E-state index contributed by atoms with van der Waals surface area (Å²) in [6, 6.07) is -5.96. The molecule has 0 aliphatic rings. The molecule has 0 saturated heterocycles. The minimum Gasteiger partial charge on any atom is -0.481 e. The molecule has 0 radical (unpaired) electrons. The predicted molar refractivity (Wildman–Crippen MR) is 107 cm³/mol. The van der Waals surface area contributed by atoms with Gasteiger partial charge in [-0.3, -0.25) is 24.0 Å². The molecule has 0 bridgehead atoms. The molecule has 32 heavy (non-hydrogen) atoms. The van der Waals surface area contributed by atoms with Crippen LogP contribution < -0.4 is 33.2 Å². The monoisotopic (exact) mass is 462 g/mol. The van der Waals surface area contributed by atoms with Gasteiger partial charge in [-0.2, -0.15) is 0 Å². The van der Waals surface area contributed by atoms with E-state index in [0.717, 1.165) is 0 Å². The van der Waals surface area contributed by atoms with Gasteiger partial charge in [0.2, 0.25) is 23.6 Å². The van der Waals surface area contributed by atoms with Crippen LogP contribution in [0.15, 0.2) is 0 Å². The Labute approximate surface area is 183 Å². The van der Waals surface area contributed by atoms with E-state index in [2.05, 4.69) is 10.6 Å². The summed E-state index contributed by atoms with van der Waals surface area (Å²) in [6.07, 6.45) is -0.446. The number of hydrogen-bond donors (Lipinski definition) is 9. The standard InChI is InChI=1S/C17H30N6O9/c18-4-2-1-3-9(21-14(28)8(19)5-13(26)27)15(29)23-11(7-24)16(30)22-10(17(31)32)6-12(20)25/h8-11,24H,1-7,18-19H2,(H2,20,25)(H,21,28)(H,22,30)(H,23,29)(H,26,27)(H,31,32). The van der Waals surface area contributed by atoms with E-state index >= 15 is 0 Å². The van der Waals surface area contributed by atoms with Crippen molar-refractivity contribution < 1.29 is 44.1 Å². The third-order valence-corrected chi connectivity index (χ3v) is 4.15. The van der Waals surface area contributed by atoms with Gasteiger partial charge in [-0.05, 0) is 25.8 Å². The molecule has 0 saturated carbocycles. The first-order valence-corrected chi connectivity index (χ1v) is 9.63. The molecule has 15 heteroatoms. The third kappa shape index (κ3) is 11.2. The normalized spacial score (nSPS) is 14.3. The molecule has 0 aromatic rings. The largest absolute Gasteiger partial charge is 0.481 e. The van der Waals surface area contributed by atoms with Crippen molar-refractivity contribution in [1.82, 2.24) is 16.0 Å². The number of amides is 4. The number of aliphatic hydroxyl groups excluding tert-OH is 1. The lowest BCUT2D eigenvalue weighted by Gasteiger charge is -2.24. The van der Waals surface area contributed by atoms with Crippen molar-refractivity contribution in [3.05, 3.63) is 0 Å². The maximum absolute atomic E-state index is 12.6. The van der Waals surface area contributed by atoms with Gasteiger partial charge in [0.05, 0.1) is 25.5 Å². The quantitative estimate of drug-likeness (QED) is 0.0982. The van der Waals surface area contributed by atoms with Crippen molar-refractivity contribution in [2.45, 2.75) is 56.3 Å². The lowest BCUT2D eigenvalue weighted by atomic mass is 10.1. The van der Waals surface area contributed by atoms with Crippen LogP contribution in [0.4, 0.5) is 0 Å². The smallest absolute Gasteiger partial charge is 0.326 e. The lowest BCUT2D eigenvalue weighted by molar-refractivity contribution is -0.144. The number of carbonyl (C=O) groups is 6. The van der Waals surface area contributed by atoms with E-state index in [1.165, 1.54) is 0 Å². The number of nitrogens with two attached hydrogens (primary N) is 3. The minimum atomic E-state index is -1.68. The Morgan fingerprint density at radius 2 is 1.31 bits per heavy atom. The van der Waals surface area contributed by atoms with Crippen molar-refractivity contribution in [3.8, 4) is 0 Å². The van der Waals surface area contributed by atoms with Crippen LogP contribution in [0.1, 0.15) is 32.1 Å². The highest BCUT2D eigenvalue weighted by atomic mass is 16.4. The van der Waals surface area contributed by atoms with E-state index in [9.17, 15) is 33.9 Å². The molecule has 0 aliphatic heterocycles. The summed E-state index contributed by atoms with van der Waals surface area (Å²) in [6.45, 7) is -0.624. The average Bonchev–Trinajstić information content (AvgIpc) is 2.69. The van der Waals surface area contributed by atoms with Crippen molar-refractivity contribution in [2.24, 2.45) is 17.2 Å². The number of hydrogen-bond acceptors (Lipinski definition) is 9. The van der Waals surface area contributed by atoms with E-state index < -0.39 is 79.2 Å². The summed E-state index contributed by atoms with van der Waals surface area (Å²) in [4.78, 5) is 69.7. The summed E-state index contributed by atoms with van der Waals surface area (Å²) >= 11 is 0. The molecular formula is C17H30N6O9. The third-order valence-electron chi connectivity index (χ3n) is 4.15. The SMILES string of the molecule is NCCCCC(NC(=O)C(N)CC(=O)O)C(=O)NC(CO)C(=O)NC(CC(N)=O)C(=O)O. The van der Waals surface area contributed by atoms with Crippen molar-refractivity contribution >= 4 is 35.6 Å². The zero-order valence-electron chi connectivity index (χ0n) is 17.3. The summed E-state index contributed by atoms with van der Waals surface area (Å²) in [5.41, 5.74) is 15.8. The number of carboxylic acid groups (broad SMARTS) is 2. The van der Waals surface area contributed by atoms with Gasteiger partial charge < -0.3 is 48.5 Å². The number of rotatable bonds is 16. The Balaban J connectivity index is 5.27. The number of aliphatic hydroxyl groups is 1. The number of primary amides is 1. The molecular weight excluding hydrogens is 432 g/mol. The number of carboxylic acids is 2. The second-order valence-corrected chi connectivity index (χ2v) is 6.86. The van der Waals surface area contributed by atoms with Crippen LogP contribution in [0.3, 0.4) is 0 Å². The zero-order chi connectivity index (χ0) is 24.8. The Bertz CT molecular complexity index is 702. The molecule has 182 valence electrons. The van der Waals surface area contributed by atoms with E-state index in [1.807, 2.05) is 5.32 Å². The molecule has 4 unspecified atom stereocenters. The van der Waals surface area contributed by atoms with Gasteiger partial charge in [0, 0.05) is 0 Å². The maximum Gasteiger partial charge on any atom is 0.326 e. The summed E-state index contributed by atoms with van der Waals surface area (Å²) < 4.78 is 0. The molecule has 0 aromatic heterocycles. The molecule has 4 amide bonds. The molecule has 0 spiro atoms. The van der Waals surface area contributed by atoms with E-state index in [1.54, 1.807) is 0 Å². The Kier molecular flexibility index (Phi) is 13.1. The molecule has 0 fully saturated rings. The van der Waals surface area contributed by atoms with Crippen molar-refractivity contribution in [2.75, 3.05) is 13.2 Å². The predicted octanol–water partition coefficient (Wildman–Crippen LogP) is -4.68. The first-order chi connectivity index (χ1) is 14.9. The summed E-state index contributed by atoms with van der Waals surface area (Å²) in [7, 11) is 0. The second kappa shape index (κ2) is 14.7. The molecule has 12 N–H and O–H groups in total. The topological polar surface area (TPSA) is 277 Å². The van der Waals surface area contributed by atoms with Crippen molar-refractivity contribution in [3.63, 3.8) is 0 Å². The first-order valence-electron chi connectivity index (χ1n) is 9.63. The van der Waals surface area contributed by atoms with Crippen LogP contribution in [0, 0.1) is 0 Å². The van der Waals surface area contributed by atoms with E-state index in [-0.39, 0.29) is 6.42 Å². The van der Waals surface area contributed by atoms with Gasteiger partial charge in [0.1, 0.15) is 18.1 Å². The van der Waals surface area contributed by atoms with Gasteiger partial charge in [0.15, 0.2) is 0 Å². The number of nitrogens with one attached hydrogen (secondary N) is 3. The number of aliphatic carboxylic acids is 2. The van der Waals surface area contributed by atoms with Crippen LogP contribution in [0.5, 0.6) is 0 Å². The van der Waals surface area contributed by atoms with Gasteiger partial charge >= 0.3 is 11.9 Å². The Morgan fingerprint density at radius 3 is 1.78 bits per heavy atom. The van der Waals surface area contributed by atoms with Crippen LogP contribution in [-0.4, -0.2) is 88.2 Å². The van der Waals surface area contributed by atoms with Gasteiger partial charge in [-0.1, -0.05) is 0 Å². The maximum atomic E-state index is 12.6. The van der Waals surface area contributed by atoms with Gasteiger partial charge in [-0.15, -0.1) is 0 Å². The fourth-order valence-corrected chi connectivity index (χ4v) is 2.46. The van der Waals surface area contributed by atoms with Crippen LogP contribution in [0.25, 0.3) is 0 Å². The summed E-state index contributed by atoms with van der Waals surface area (Å²) in [5, 5.41) is 33.6. The van der Waals surface area contributed by atoms with E-state index in [4.69, 9.17) is 27.4 Å². The fraction of sp³-hybridized carbons (Fsp3) is 0.647. The molecule has 15 nitrogen and oxygen atoms in total. The Hall–Kier alpha value is -3.30. The zero-order valence-corrected chi connectivity index (χ0v) is 17.3. The van der Waals surface area contributed by atoms with Gasteiger partial charge in [0.25, 0.3) is 0 Å². The number of unbranched alkanes of at least 4 members (excludes halogenated alkanes) is 1. The van der Waals surface area contributed by atoms with E-state index in [0.29, 0.717) is 19.4 Å². The van der Waals surface area contributed by atoms with Crippen LogP contribution in [-0.2, 0) is 28.8 Å². The fourth-order valence-electron chi connectivity index (χ4n) is 2.46.